The summed E-state index contributed by atoms with van der Waals surface area (Å²) in [6.45, 7) is 5.07. The summed E-state index contributed by atoms with van der Waals surface area (Å²) in [5.41, 5.74) is -0.0346. The van der Waals surface area contributed by atoms with E-state index in [0.717, 1.165) is 45.5 Å². The summed E-state index contributed by atoms with van der Waals surface area (Å²) >= 11 is 0. The van der Waals surface area contributed by atoms with Crippen LogP contribution in [0.2, 0.25) is 0 Å². The summed E-state index contributed by atoms with van der Waals surface area (Å²) in [6.07, 6.45) is 3.66. The number of ether oxygens (including phenoxy) is 2. The van der Waals surface area contributed by atoms with Crippen LogP contribution >= 0.6 is 0 Å². The summed E-state index contributed by atoms with van der Waals surface area (Å²) in [5.74, 6) is 0. The zero-order valence-electron chi connectivity index (χ0n) is 10.1. The molecule has 2 heterocycles. The van der Waals surface area contributed by atoms with Gasteiger partial charge in [-0.2, -0.15) is 0 Å². The summed E-state index contributed by atoms with van der Waals surface area (Å²) in [4.78, 5) is 0. The Hall–Kier alpha value is -0.160. The summed E-state index contributed by atoms with van der Waals surface area (Å²) < 4.78 is 11.3. The Balaban J connectivity index is 1.78. The minimum Gasteiger partial charge on any atom is -0.392 e. The second kappa shape index (κ2) is 5.45. The van der Waals surface area contributed by atoms with Gasteiger partial charge in [0, 0.05) is 32.2 Å². The molecule has 3 unspecified atom stereocenters. The SMILES string of the molecule is CCC(O)CNC1CCOC2(CCOC2)C1. The van der Waals surface area contributed by atoms with Crippen LogP contribution in [0.1, 0.15) is 32.6 Å². The Morgan fingerprint density at radius 1 is 1.50 bits per heavy atom. The van der Waals surface area contributed by atoms with Crippen molar-refractivity contribution in [3.8, 4) is 0 Å². The number of aliphatic hydroxyl groups excluding tert-OH is 1. The molecule has 2 aliphatic rings. The van der Waals surface area contributed by atoms with Crippen molar-refractivity contribution in [1.29, 1.82) is 0 Å². The molecule has 2 fully saturated rings. The summed E-state index contributed by atoms with van der Waals surface area (Å²) in [5, 5.41) is 13.0. The maximum Gasteiger partial charge on any atom is 0.0951 e. The van der Waals surface area contributed by atoms with Crippen LogP contribution in [0.5, 0.6) is 0 Å². The lowest BCUT2D eigenvalue weighted by molar-refractivity contribution is -0.0900. The third-order valence-electron chi connectivity index (χ3n) is 3.67. The average molecular weight is 229 g/mol. The van der Waals surface area contributed by atoms with Gasteiger partial charge in [-0.15, -0.1) is 0 Å². The molecule has 0 radical (unpaired) electrons. The molecular formula is C12H23NO3. The third-order valence-corrected chi connectivity index (χ3v) is 3.67. The first kappa shape index (κ1) is 12.3. The van der Waals surface area contributed by atoms with Crippen LogP contribution in [0.25, 0.3) is 0 Å². The van der Waals surface area contributed by atoms with Crippen LogP contribution in [0.3, 0.4) is 0 Å². The third kappa shape index (κ3) is 2.94. The number of aliphatic hydroxyl groups is 1. The van der Waals surface area contributed by atoms with Gasteiger partial charge >= 0.3 is 0 Å². The molecule has 0 bridgehead atoms. The highest BCUT2D eigenvalue weighted by Crippen LogP contribution is 2.32. The van der Waals surface area contributed by atoms with Crippen LogP contribution in [0.15, 0.2) is 0 Å². The Morgan fingerprint density at radius 2 is 2.38 bits per heavy atom. The molecule has 0 amide bonds. The first-order valence-electron chi connectivity index (χ1n) is 6.37. The van der Waals surface area contributed by atoms with E-state index in [1.165, 1.54) is 0 Å². The van der Waals surface area contributed by atoms with Gasteiger partial charge in [0.2, 0.25) is 0 Å². The lowest BCUT2D eigenvalue weighted by Gasteiger charge is -2.37. The molecule has 2 aliphatic heterocycles. The second-order valence-electron chi connectivity index (χ2n) is 4.99. The molecule has 0 aromatic carbocycles. The minimum absolute atomic E-state index is 0.0346. The molecule has 3 atom stereocenters. The normalized spacial score (nSPS) is 36.8. The molecule has 2 saturated heterocycles. The standard InChI is InChI=1S/C12H23NO3/c1-2-11(14)8-13-10-3-5-16-12(7-10)4-6-15-9-12/h10-11,13-14H,2-9H2,1H3. The van der Waals surface area contributed by atoms with Crippen molar-refractivity contribution in [2.24, 2.45) is 0 Å². The van der Waals surface area contributed by atoms with Crippen molar-refractivity contribution < 1.29 is 14.6 Å². The van der Waals surface area contributed by atoms with E-state index < -0.39 is 0 Å². The van der Waals surface area contributed by atoms with Crippen molar-refractivity contribution in [3.05, 3.63) is 0 Å². The number of hydrogen-bond donors (Lipinski definition) is 2. The Kier molecular flexibility index (Phi) is 4.19. The fraction of sp³-hybridized carbons (Fsp3) is 1.00. The lowest BCUT2D eigenvalue weighted by Crippen LogP contribution is -2.48. The van der Waals surface area contributed by atoms with Gasteiger partial charge in [0.25, 0.3) is 0 Å². The Labute approximate surface area is 97.3 Å². The van der Waals surface area contributed by atoms with Crippen LogP contribution < -0.4 is 5.32 Å². The van der Waals surface area contributed by atoms with E-state index in [1.54, 1.807) is 0 Å². The van der Waals surface area contributed by atoms with Gasteiger partial charge in [-0.3, -0.25) is 0 Å². The summed E-state index contributed by atoms with van der Waals surface area (Å²) in [6, 6.07) is 0.469. The van der Waals surface area contributed by atoms with Crippen LogP contribution in [-0.4, -0.2) is 49.2 Å². The molecule has 0 aliphatic carbocycles. The molecule has 2 N–H and O–H groups in total. The van der Waals surface area contributed by atoms with Gasteiger partial charge in [0.15, 0.2) is 0 Å². The topological polar surface area (TPSA) is 50.7 Å². The van der Waals surface area contributed by atoms with E-state index in [-0.39, 0.29) is 11.7 Å². The molecule has 0 aromatic heterocycles. The second-order valence-corrected chi connectivity index (χ2v) is 4.99. The first-order chi connectivity index (χ1) is 7.74. The van der Waals surface area contributed by atoms with E-state index in [9.17, 15) is 5.11 Å². The van der Waals surface area contributed by atoms with Crippen molar-refractivity contribution in [2.75, 3.05) is 26.4 Å². The molecule has 0 aromatic rings. The molecule has 1 spiro atoms. The van der Waals surface area contributed by atoms with E-state index >= 15 is 0 Å². The van der Waals surface area contributed by atoms with E-state index in [0.29, 0.717) is 12.6 Å². The highest BCUT2D eigenvalue weighted by atomic mass is 16.6. The van der Waals surface area contributed by atoms with E-state index in [4.69, 9.17) is 9.47 Å². The first-order valence-corrected chi connectivity index (χ1v) is 6.37. The Bertz CT molecular complexity index is 216. The maximum atomic E-state index is 9.53. The molecule has 2 rings (SSSR count). The number of rotatable bonds is 4. The molecule has 16 heavy (non-hydrogen) atoms. The van der Waals surface area contributed by atoms with Crippen LogP contribution in [0.4, 0.5) is 0 Å². The van der Waals surface area contributed by atoms with Gasteiger partial charge in [0.05, 0.1) is 18.3 Å². The van der Waals surface area contributed by atoms with E-state index in [2.05, 4.69) is 5.32 Å². The van der Waals surface area contributed by atoms with Crippen molar-refractivity contribution in [2.45, 2.75) is 50.4 Å². The largest absolute Gasteiger partial charge is 0.392 e. The fourth-order valence-corrected chi connectivity index (χ4v) is 2.51. The Morgan fingerprint density at radius 3 is 3.06 bits per heavy atom. The predicted octanol–water partition coefficient (Wildman–Crippen LogP) is 0.685. The fourth-order valence-electron chi connectivity index (χ4n) is 2.51. The van der Waals surface area contributed by atoms with Gasteiger partial charge in [-0.25, -0.2) is 0 Å². The average Bonchev–Trinajstić information content (AvgIpc) is 2.74. The van der Waals surface area contributed by atoms with Crippen LogP contribution in [-0.2, 0) is 9.47 Å². The number of hydrogen-bond acceptors (Lipinski definition) is 4. The summed E-state index contributed by atoms with van der Waals surface area (Å²) in [7, 11) is 0. The number of nitrogens with one attached hydrogen (secondary N) is 1. The molecule has 4 nitrogen and oxygen atoms in total. The predicted molar refractivity (Wildman–Crippen MR) is 61.4 cm³/mol. The van der Waals surface area contributed by atoms with Gasteiger partial charge < -0.3 is 19.9 Å². The smallest absolute Gasteiger partial charge is 0.0951 e. The van der Waals surface area contributed by atoms with Crippen molar-refractivity contribution in [3.63, 3.8) is 0 Å². The van der Waals surface area contributed by atoms with Gasteiger partial charge in [-0.1, -0.05) is 6.92 Å². The van der Waals surface area contributed by atoms with Crippen molar-refractivity contribution >= 4 is 0 Å². The zero-order valence-corrected chi connectivity index (χ0v) is 10.1. The van der Waals surface area contributed by atoms with E-state index in [1.807, 2.05) is 6.92 Å². The minimum atomic E-state index is -0.223. The highest BCUT2D eigenvalue weighted by molar-refractivity contribution is 4.92. The van der Waals surface area contributed by atoms with Crippen LogP contribution in [0, 0.1) is 0 Å². The molecule has 4 heteroatoms. The van der Waals surface area contributed by atoms with Crippen molar-refractivity contribution in [1.82, 2.24) is 5.32 Å². The highest BCUT2D eigenvalue weighted by Gasteiger charge is 2.40. The molecule has 0 saturated carbocycles. The quantitative estimate of drug-likeness (QED) is 0.744. The molecule has 94 valence electrons. The monoisotopic (exact) mass is 229 g/mol. The van der Waals surface area contributed by atoms with Gasteiger partial charge in [0.1, 0.15) is 0 Å². The lowest BCUT2D eigenvalue weighted by atomic mass is 9.89. The zero-order chi connectivity index (χ0) is 11.4. The maximum absolute atomic E-state index is 9.53. The van der Waals surface area contributed by atoms with Gasteiger partial charge in [-0.05, 0) is 19.3 Å². The molecular weight excluding hydrogens is 206 g/mol.